The normalized spacial score (nSPS) is 43.8. The molecule has 6 nitrogen and oxygen atoms in total. The Morgan fingerprint density at radius 1 is 1.24 bits per heavy atom. The van der Waals surface area contributed by atoms with Crippen molar-refractivity contribution in [1.82, 2.24) is 0 Å². The summed E-state index contributed by atoms with van der Waals surface area (Å²) in [7, 11) is 0. The van der Waals surface area contributed by atoms with Crippen LogP contribution in [0.5, 0.6) is 0 Å². The second kappa shape index (κ2) is 4.96. The molecular weight excluding hydrogens is 296 g/mol. The van der Waals surface area contributed by atoms with Gasteiger partial charge in [-0.2, -0.15) is 0 Å². The largest absolute Gasteiger partial charge is 0.389 e. The Labute approximate surface area is 112 Å². The summed E-state index contributed by atoms with van der Waals surface area (Å²) in [5.41, 5.74) is 5.27. The van der Waals surface area contributed by atoms with Gasteiger partial charge in [0.15, 0.2) is 6.29 Å². The zero-order chi connectivity index (χ0) is 12.8. The molecule has 100 valence electrons. The van der Waals surface area contributed by atoms with Crippen LogP contribution in [0.25, 0.3) is 0 Å². The lowest BCUT2D eigenvalue weighted by Crippen LogP contribution is -2.43. The van der Waals surface area contributed by atoms with Gasteiger partial charge in [0, 0.05) is 6.54 Å². The highest BCUT2D eigenvalue weighted by Gasteiger charge is 2.57. The van der Waals surface area contributed by atoms with Crippen LogP contribution in [-0.2, 0) is 14.2 Å². The van der Waals surface area contributed by atoms with Crippen molar-refractivity contribution in [3.05, 3.63) is 0 Å². The zero-order valence-corrected chi connectivity index (χ0v) is 10.8. The van der Waals surface area contributed by atoms with E-state index < -0.39 is 40.8 Å². The molecule has 0 amide bonds. The quantitative estimate of drug-likeness (QED) is 0.596. The van der Waals surface area contributed by atoms with Gasteiger partial charge in [-0.25, -0.2) is 0 Å². The van der Waals surface area contributed by atoms with Gasteiger partial charge >= 0.3 is 0 Å². The van der Waals surface area contributed by atoms with Crippen molar-refractivity contribution in [2.24, 2.45) is 5.73 Å². The van der Waals surface area contributed by atoms with Crippen LogP contribution in [0, 0.1) is 0 Å². The SMILES string of the molecule is NCC(O)[C@H]1O[C@@H]2OC(C(Cl)(Cl)Cl)O[C@@H]2[C@H]1O. The maximum absolute atomic E-state index is 9.87. The fourth-order valence-corrected chi connectivity index (χ4v) is 2.13. The van der Waals surface area contributed by atoms with Crippen LogP contribution in [0.2, 0.25) is 0 Å². The molecule has 2 aliphatic rings. The average Bonchev–Trinajstić information content (AvgIpc) is 2.77. The number of halogens is 3. The topological polar surface area (TPSA) is 94.2 Å². The Morgan fingerprint density at radius 3 is 2.35 bits per heavy atom. The van der Waals surface area contributed by atoms with Gasteiger partial charge < -0.3 is 30.2 Å². The third kappa shape index (κ3) is 2.65. The van der Waals surface area contributed by atoms with Gasteiger partial charge in [0.1, 0.15) is 18.3 Å². The molecule has 0 aliphatic carbocycles. The van der Waals surface area contributed by atoms with Crippen LogP contribution in [0.15, 0.2) is 0 Å². The van der Waals surface area contributed by atoms with Crippen LogP contribution in [0.1, 0.15) is 0 Å². The van der Waals surface area contributed by atoms with Crippen molar-refractivity contribution < 1.29 is 24.4 Å². The van der Waals surface area contributed by atoms with Crippen LogP contribution >= 0.6 is 34.8 Å². The summed E-state index contributed by atoms with van der Waals surface area (Å²) in [4.78, 5) is 0. The molecule has 2 heterocycles. The van der Waals surface area contributed by atoms with E-state index in [0.29, 0.717) is 0 Å². The number of ether oxygens (including phenoxy) is 3. The van der Waals surface area contributed by atoms with Crippen LogP contribution in [-0.4, -0.2) is 57.5 Å². The molecule has 17 heavy (non-hydrogen) atoms. The first-order valence-corrected chi connectivity index (χ1v) is 6.07. The minimum absolute atomic E-state index is 0.0466. The summed E-state index contributed by atoms with van der Waals surface area (Å²) in [6.45, 7) is -0.0466. The third-order valence-electron chi connectivity index (χ3n) is 2.66. The average molecular weight is 309 g/mol. The minimum atomic E-state index is -1.77. The van der Waals surface area contributed by atoms with Gasteiger partial charge in [0.25, 0.3) is 0 Å². The van der Waals surface area contributed by atoms with E-state index in [1.807, 2.05) is 0 Å². The fraction of sp³-hybridized carbons (Fsp3) is 1.00. The Morgan fingerprint density at radius 2 is 1.88 bits per heavy atom. The molecule has 0 bridgehead atoms. The molecule has 2 fully saturated rings. The second-order valence-corrected chi connectivity index (χ2v) is 6.24. The summed E-state index contributed by atoms with van der Waals surface area (Å²) >= 11 is 16.8. The lowest BCUT2D eigenvalue weighted by atomic mass is 10.1. The summed E-state index contributed by atoms with van der Waals surface area (Å²) in [6, 6.07) is 0. The number of hydrogen-bond acceptors (Lipinski definition) is 6. The summed E-state index contributed by atoms with van der Waals surface area (Å²) in [5, 5.41) is 19.4. The molecule has 6 atom stereocenters. The van der Waals surface area contributed by atoms with E-state index in [1.54, 1.807) is 0 Å². The molecule has 0 aromatic heterocycles. The van der Waals surface area contributed by atoms with Crippen molar-refractivity contribution in [1.29, 1.82) is 0 Å². The lowest BCUT2D eigenvalue weighted by molar-refractivity contribution is -0.183. The molecule has 2 unspecified atom stereocenters. The van der Waals surface area contributed by atoms with Gasteiger partial charge in [-0.15, -0.1) is 0 Å². The van der Waals surface area contributed by atoms with E-state index in [2.05, 4.69) is 0 Å². The number of fused-ring (bicyclic) bond motifs is 1. The maximum atomic E-state index is 9.87. The minimum Gasteiger partial charge on any atom is -0.389 e. The molecule has 2 aliphatic heterocycles. The summed E-state index contributed by atoms with van der Waals surface area (Å²) < 4.78 is 13.9. The first kappa shape index (κ1) is 14.0. The first-order chi connectivity index (χ1) is 7.84. The molecule has 0 aromatic carbocycles. The summed E-state index contributed by atoms with van der Waals surface area (Å²) in [6.07, 6.45) is -5.76. The highest BCUT2D eigenvalue weighted by molar-refractivity contribution is 6.67. The first-order valence-electron chi connectivity index (χ1n) is 4.94. The molecule has 0 aromatic rings. The van der Waals surface area contributed by atoms with Gasteiger partial charge in [-0.05, 0) is 0 Å². The highest BCUT2D eigenvalue weighted by Crippen LogP contribution is 2.42. The maximum Gasteiger partial charge on any atom is 0.241 e. The van der Waals surface area contributed by atoms with E-state index in [9.17, 15) is 10.2 Å². The second-order valence-electron chi connectivity index (χ2n) is 3.87. The van der Waals surface area contributed by atoms with Crippen molar-refractivity contribution in [3.8, 4) is 0 Å². The van der Waals surface area contributed by atoms with Gasteiger partial charge in [0.05, 0.1) is 6.10 Å². The molecule has 0 saturated carbocycles. The van der Waals surface area contributed by atoms with Gasteiger partial charge in [-0.3, -0.25) is 0 Å². The molecule has 4 N–H and O–H groups in total. The van der Waals surface area contributed by atoms with Crippen LogP contribution in [0.4, 0.5) is 0 Å². The van der Waals surface area contributed by atoms with Crippen molar-refractivity contribution in [3.63, 3.8) is 0 Å². The van der Waals surface area contributed by atoms with E-state index in [0.717, 1.165) is 0 Å². The van der Waals surface area contributed by atoms with Crippen LogP contribution < -0.4 is 5.73 Å². The number of nitrogens with two attached hydrogens (primary N) is 1. The molecule has 9 heteroatoms. The van der Waals surface area contributed by atoms with E-state index >= 15 is 0 Å². The third-order valence-corrected chi connectivity index (χ3v) is 3.19. The number of aliphatic hydroxyl groups is 2. The fourth-order valence-electron chi connectivity index (χ4n) is 1.82. The highest BCUT2D eigenvalue weighted by atomic mass is 35.6. The number of rotatable bonds is 2. The van der Waals surface area contributed by atoms with E-state index in [1.165, 1.54) is 0 Å². The summed E-state index contributed by atoms with van der Waals surface area (Å²) in [5.74, 6) is 0. The molecular formula is C8H12Cl3NO5. The van der Waals surface area contributed by atoms with E-state index in [-0.39, 0.29) is 6.54 Å². The smallest absolute Gasteiger partial charge is 0.241 e. The molecule has 0 radical (unpaired) electrons. The van der Waals surface area contributed by atoms with Crippen molar-refractivity contribution in [2.75, 3.05) is 6.54 Å². The van der Waals surface area contributed by atoms with E-state index in [4.69, 9.17) is 54.7 Å². The molecule has 2 saturated heterocycles. The predicted octanol–water partition coefficient (Wildman–Crippen LogP) is -0.497. The predicted molar refractivity (Wildman–Crippen MR) is 59.8 cm³/mol. The van der Waals surface area contributed by atoms with Crippen LogP contribution in [0.3, 0.4) is 0 Å². The Balaban J connectivity index is 2.01. The number of hydrogen-bond donors (Lipinski definition) is 3. The molecule has 2 rings (SSSR count). The zero-order valence-electron chi connectivity index (χ0n) is 8.50. The number of aliphatic hydroxyl groups excluding tert-OH is 2. The number of alkyl halides is 3. The van der Waals surface area contributed by atoms with Crippen molar-refractivity contribution >= 4 is 34.8 Å². The lowest BCUT2D eigenvalue weighted by Gasteiger charge is -2.24. The Kier molecular flexibility index (Phi) is 4.10. The Bertz CT molecular complexity index is 289. The van der Waals surface area contributed by atoms with Gasteiger partial charge in [-0.1, -0.05) is 34.8 Å². The monoisotopic (exact) mass is 307 g/mol. The van der Waals surface area contributed by atoms with Crippen molar-refractivity contribution in [2.45, 2.75) is 40.8 Å². The Hall–Kier alpha value is 0.630. The standard InChI is InChI=1S/C8H12Cl3NO5/c9-8(10,11)7-16-5-3(14)4(2(13)1-12)15-6(5)17-7/h2-7,13-14H,1,12H2/t2?,3-,4+,5+,6+,7?/m0/s1. The molecule has 0 spiro atoms. The van der Waals surface area contributed by atoms with Gasteiger partial charge in [0.2, 0.25) is 10.1 Å².